The van der Waals surface area contributed by atoms with Crippen molar-refractivity contribution in [3.05, 3.63) is 180 Å². The first-order valence-electron chi connectivity index (χ1n) is 16.2. The number of rotatable bonds is 4. The highest BCUT2D eigenvalue weighted by Crippen LogP contribution is 2.41. The van der Waals surface area contributed by atoms with E-state index in [0.29, 0.717) is 16.9 Å². The quantitative estimate of drug-likeness (QED) is 0.177. The summed E-state index contributed by atoms with van der Waals surface area (Å²) < 4.78 is 4.41. The fraction of sp³-hybridized carbons (Fsp3) is 0. The summed E-state index contributed by atoms with van der Waals surface area (Å²) in [5.74, 6) is 0. The molecule has 2 aromatic heterocycles. The molecule has 230 valence electrons. The molecule has 0 saturated heterocycles. The standard InChI is InChI=1S/C45H25N5/c1-47-33-21-22-35(44(27-33)50-41-18-5-3-14-36(41)37-15-4-6-19-42(37)50)32-12-7-10-30(25-32)31-11-8-13-34(26-31)49-43-23-20-29(28-46)24-39(43)38-16-9-17-40(48-2)45(38)49/h3-27H. The van der Waals surface area contributed by atoms with Crippen molar-refractivity contribution < 1.29 is 0 Å². The highest BCUT2D eigenvalue weighted by atomic mass is 15.0. The predicted octanol–water partition coefficient (Wildman–Crippen LogP) is 12.2. The van der Waals surface area contributed by atoms with Crippen LogP contribution < -0.4 is 0 Å². The number of para-hydroxylation sites is 3. The second kappa shape index (κ2) is 11.4. The Morgan fingerprint density at radius 1 is 0.500 bits per heavy atom. The van der Waals surface area contributed by atoms with Crippen molar-refractivity contribution >= 4 is 55.0 Å². The average Bonchev–Trinajstić information content (AvgIpc) is 3.70. The van der Waals surface area contributed by atoms with Gasteiger partial charge in [0, 0.05) is 33.1 Å². The van der Waals surface area contributed by atoms with E-state index in [2.05, 4.69) is 122 Å². The van der Waals surface area contributed by atoms with E-state index in [4.69, 9.17) is 13.1 Å². The molecule has 0 N–H and O–H groups in total. The van der Waals surface area contributed by atoms with Gasteiger partial charge in [-0.15, -0.1) is 0 Å². The summed E-state index contributed by atoms with van der Waals surface area (Å²) in [6.07, 6.45) is 0. The van der Waals surface area contributed by atoms with Crippen LogP contribution in [0.2, 0.25) is 0 Å². The molecule has 0 atom stereocenters. The number of aromatic nitrogens is 2. The topological polar surface area (TPSA) is 42.4 Å². The van der Waals surface area contributed by atoms with Crippen molar-refractivity contribution in [1.29, 1.82) is 5.26 Å². The van der Waals surface area contributed by atoms with Gasteiger partial charge in [-0.05, 0) is 76.7 Å². The number of fused-ring (bicyclic) bond motifs is 6. The van der Waals surface area contributed by atoms with Crippen molar-refractivity contribution in [3.8, 4) is 39.7 Å². The van der Waals surface area contributed by atoms with Crippen molar-refractivity contribution in [2.24, 2.45) is 0 Å². The molecule has 0 bridgehead atoms. The third-order valence-electron chi connectivity index (χ3n) is 9.56. The first kappa shape index (κ1) is 28.8. The van der Waals surface area contributed by atoms with Gasteiger partial charge >= 0.3 is 0 Å². The Morgan fingerprint density at radius 2 is 1.16 bits per heavy atom. The zero-order chi connectivity index (χ0) is 33.8. The summed E-state index contributed by atoms with van der Waals surface area (Å²) in [7, 11) is 0. The molecule has 0 radical (unpaired) electrons. The van der Waals surface area contributed by atoms with Crippen molar-refractivity contribution in [1.82, 2.24) is 9.13 Å². The van der Waals surface area contributed by atoms with E-state index >= 15 is 0 Å². The van der Waals surface area contributed by atoms with E-state index in [9.17, 15) is 5.26 Å². The van der Waals surface area contributed by atoms with Crippen LogP contribution in [0, 0.1) is 24.5 Å². The van der Waals surface area contributed by atoms with Gasteiger partial charge in [0.15, 0.2) is 5.69 Å². The maximum atomic E-state index is 9.63. The smallest absolute Gasteiger partial charge is 0.211 e. The molecule has 0 spiro atoms. The van der Waals surface area contributed by atoms with Crippen LogP contribution in [0.25, 0.3) is 86.9 Å². The number of hydrogen-bond donors (Lipinski definition) is 0. The number of nitrogens with zero attached hydrogens (tertiary/aromatic N) is 5. The van der Waals surface area contributed by atoms with Crippen LogP contribution in [0.4, 0.5) is 11.4 Å². The normalized spacial score (nSPS) is 11.1. The van der Waals surface area contributed by atoms with Crippen molar-refractivity contribution in [2.75, 3.05) is 0 Å². The van der Waals surface area contributed by atoms with Gasteiger partial charge in [0.05, 0.1) is 46.8 Å². The Labute approximate surface area is 288 Å². The van der Waals surface area contributed by atoms with Crippen LogP contribution in [0.5, 0.6) is 0 Å². The second-order valence-electron chi connectivity index (χ2n) is 12.3. The van der Waals surface area contributed by atoms with Gasteiger partial charge in [0.2, 0.25) is 5.69 Å². The van der Waals surface area contributed by atoms with Crippen LogP contribution in [-0.2, 0) is 0 Å². The fourth-order valence-corrected chi connectivity index (χ4v) is 7.37. The zero-order valence-electron chi connectivity index (χ0n) is 26.7. The summed E-state index contributed by atoms with van der Waals surface area (Å²) in [4.78, 5) is 7.67. The average molecular weight is 636 g/mol. The molecule has 0 amide bonds. The molecule has 7 aromatic carbocycles. The third kappa shape index (κ3) is 4.38. The Hall–Kier alpha value is -7.39. The molecule has 0 fully saturated rings. The minimum atomic E-state index is 0.560. The molecule has 9 rings (SSSR count). The minimum absolute atomic E-state index is 0.560. The Kier molecular flexibility index (Phi) is 6.56. The lowest BCUT2D eigenvalue weighted by Gasteiger charge is -2.16. The number of hydrogen-bond acceptors (Lipinski definition) is 1. The van der Waals surface area contributed by atoms with E-state index in [1.54, 1.807) is 0 Å². The highest BCUT2D eigenvalue weighted by molar-refractivity contribution is 6.14. The van der Waals surface area contributed by atoms with E-state index in [0.717, 1.165) is 66.5 Å². The molecule has 0 aliphatic carbocycles. The van der Waals surface area contributed by atoms with Gasteiger partial charge in [0.1, 0.15) is 0 Å². The van der Waals surface area contributed by atoms with E-state index in [1.807, 2.05) is 54.6 Å². The molecular weight excluding hydrogens is 611 g/mol. The van der Waals surface area contributed by atoms with Gasteiger partial charge < -0.3 is 9.13 Å². The van der Waals surface area contributed by atoms with Crippen LogP contribution in [0.3, 0.4) is 0 Å². The summed E-state index contributed by atoms with van der Waals surface area (Å²) in [6, 6.07) is 53.4. The summed E-state index contributed by atoms with van der Waals surface area (Å²) in [5, 5.41) is 13.9. The van der Waals surface area contributed by atoms with Crippen molar-refractivity contribution in [2.45, 2.75) is 0 Å². The third-order valence-corrected chi connectivity index (χ3v) is 9.56. The van der Waals surface area contributed by atoms with Gasteiger partial charge in [0.25, 0.3) is 0 Å². The largest absolute Gasteiger partial charge is 0.319 e. The van der Waals surface area contributed by atoms with Crippen LogP contribution in [0.15, 0.2) is 152 Å². The molecule has 0 aliphatic rings. The zero-order valence-corrected chi connectivity index (χ0v) is 26.7. The monoisotopic (exact) mass is 635 g/mol. The van der Waals surface area contributed by atoms with Crippen LogP contribution in [0.1, 0.15) is 5.56 Å². The molecule has 2 heterocycles. The molecule has 0 aliphatic heterocycles. The predicted molar refractivity (Wildman–Crippen MR) is 203 cm³/mol. The van der Waals surface area contributed by atoms with Gasteiger partial charge in [-0.2, -0.15) is 5.26 Å². The fourth-order valence-electron chi connectivity index (χ4n) is 7.37. The Balaban J connectivity index is 1.23. The summed E-state index contributed by atoms with van der Waals surface area (Å²) in [5.41, 5.74) is 11.7. The lowest BCUT2D eigenvalue weighted by Crippen LogP contribution is -1.97. The Morgan fingerprint density at radius 3 is 1.90 bits per heavy atom. The van der Waals surface area contributed by atoms with E-state index in [-0.39, 0.29) is 0 Å². The first-order chi connectivity index (χ1) is 24.7. The SMILES string of the molecule is [C-]#[N+]c1ccc(-c2cccc(-c3cccc(-n4c5ccc(C#N)cc5c5cccc([N+]#[C-])c54)c3)c2)c(-n2c3ccccc3c3ccccc32)c1. The number of benzene rings is 7. The second-order valence-corrected chi connectivity index (χ2v) is 12.3. The lowest BCUT2D eigenvalue weighted by atomic mass is 9.97. The molecule has 0 saturated carbocycles. The first-order valence-corrected chi connectivity index (χ1v) is 16.2. The van der Waals surface area contributed by atoms with Gasteiger partial charge in [-0.1, -0.05) is 97.1 Å². The minimum Gasteiger partial charge on any atom is -0.319 e. The molecule has 0 unspecified atom stereocenters. The maximum absolute atomic E-state index is 9.63. The molecule has 50 heavy (non-hydrogen) atoms. The van der Waals surface area contributed by atoms with Crippen LogP contribution in [-0.4, -0.2) is 9.13 Å². The lowest BCUT2D eigenvalue weighted by molar-refractivity contribution is 1.18. The molecule has 5 nitrogen and oxygen atoms in total. The highest BCUT2D eigenvalue weighted by Gasteiger charge is 2.18. The Bertz CT molecular complexity index is 2920. The van der Waals surface area contributed by atoms with Crippen LogP contribution >= 0.6 is 0 Å². The maximum Gasteiger partial charge on any atom is 0.211 e. The van der Waals surface area contributed by atoms with Gasteiger partial charge in [-0.3, -0.25) is 0 Å². The van der Waals surface area contributed by atoms with Gasteiger partial charge in [-0.25, -0.2) is 9.69 Å². The number of nitriles is 1. The molecular formula is C45H25N5. The molecule has 9 aromatic rings. The van der Waals surface area contributed by atoms with E-state index < -0.39 is 0 Å². The molecule has 5 heteroatoms. The van der Waals surface area contributed by atoms with Crippen molar-refractivity contribution in [3.63, 3.8) is 0 Å². The summed E-state index contributed by atoms with van der Waals surface area (Å²) >= 11 is 0. The summed E-state index contributed by atoms with van der Waals surface area (Å²) in [6.45, 7) is 15.8. The van der Waals surface area contributed by atoms with E-state index in [1.165, 1.54) is 10.8 Å².